The highest BCUT2D eigenvalue weighted by atomic mass is 16.8. The third-order valence-corrected chi connectivity index (χ3v) is 6.54. The van der Waals surface area contributed by atoms with Crippen LogP contribution < -0.4 is 20.1 Å². The van der Waals surface area contributed by atoms with Gasteiger partial charge in [0.1, 0.15) is 18.3 Å². The van der Waals surface area contributed by atoms with Crippen LogP contribution in [-0.4, -0.2) is 81.5 Å². The molecule has 0 unspecified atom stereocenters. The Morgan fingerprint density at radius 3 is 2.69 bits per heavy atom. The molecule has 0 bridgehead atoms. The Bertz CT molecular complexity index is 1230. The molecule has 0 saturated heterocycles. The van der Waals surface area contributed by atoms with Crippen molar-refractivity contribution in [2.75, 3.05) is 13.9 Å². The summed E-state index contributed by atoms with van der Waals surface area (Å²) in [6.45, 7) is -0.180. The SMILES string of the molecule is CO[N+](=O)c1cccc(C(=O)N[C@H]2[C@H](O)[C@@H](O)[C@@H](O)[C@@H]3NC(=O)c4c(cc5c(c4O)OCO5)[C@@H]23)c1. The molecule has 2 aromatic rings. The molecule has 0 radical (unpaired) electrons. The highest BCUT2D eigenvalue weighted by molar-refractivity contribution is 6.02. The van der Waals surface area contributed by atoms with E-state index < -0.39 is 53.9 Å². The Labute approximate surface area is 197 Å². The number of carbonyl (C=O) groups excluding carboxylic acids is 2. The van der Waals surface area contributed by atoms with Gasteiger partial charge in [-0.15, -0.1) is 0 Å². The van der Waals surface area contributed by atoms with E-state index in [-0.39, 0.29) is 45.6 Å². The van der Waals surface area contributed by atoms with Crippen LogP contribution in [0.25, 0.3) is 0 Å². The van der Waals surface area contributed by atoms with E-state index in [2.05, 4.69) is 15.5 Å². The molecule has 6 atom stereocenters. The second-order valence-electron chi connectivity index (χ2n) is 8.41. The fourth-order valence-electron chi connectivity index (χ4n) is 4.88. The lowest BCUT2D eigenvalue weighted by Crippen LogP contribution is -2.69. The number of rotatable bonds is 4. The molecule has 2 aliphatic heterocycles. The standard InChI is InChI=1S/C22H21N3O10/c1-33-25(32)9-4-2-3-8(5-9)21(30)23-14-12-10-6-11-20(35-7-34-11)16(26)13(10)22(31)24-15(12)18(28)19(29)17(14)27/h2-6,12,14-15,17-19,27-29H,7H2,1H3,(H2-,23,24,26,30,31)/p+1/t12-,14+,15+,17-,18-,19+/m0/s1. The van der Waals surface area contributed by atoms with Crippen LogP contribution >= 0.6 is 0 Å². The van der Waals surface area contributed by atoms with E-state index in [0.717, 1.165) is 0 Å². The molecule has 2 amide bonds. The van der Waals surface area contributed by atoms with Crippen LogP contribution in [0.4, 0.5) is 5.69 Å². The number of ether oxygens (including phenoxy) is 2. The molecule has 184 valence electrons. The van der Waals surface area contributed by atoms with E-state index in [1.54, 1.807) is 0 Å². The van der Waals surface area contributed by atoms with Gasteiger partial charge < -0.3 is 40.5 Å². The largest absolute Gasteiger partial charge is 0.504 e. The number of amides is 2. The first-order chi connectivity index (χ1) is 16.7. The van der Waals surface area contributed by atoms with Gasteiger partial charge >= 0.3 is 5.69 Å². The van der Waals surface area contributed by atoms with Gasteiger partial charge in [0.25, 0.3) is 16.7 Å². The molecular formula is C22H22N3O10+. The number of aliphatic hydroxyl groups excluding tert-OH is 3. The molecule has 35 heavy (non-hydrogen) atoms. The summed E-state index contributed by atoms with van der Waals surface area (Å²) in [6, 6.07) is 4.69. The number of nitrogens with one attached hydrogen (secondary N) is 2. The van der Waals surface area contributed by atoms with E-state index in [4.69, 9.17) is 9.47 Å². The molecule has 3 aliphatic rings. The number of benzene rings is 2. The van der Waals surface area contributed by atoms with Crippen molar-refractivity contribution < 1.29 is 49.2 Å². The van der Waals surface area contributed by atoms with Gasteiger partial charge in [0.05, 0.1) is 22.6 Å². The van der Waals surface area contributed by atoms with Gasteiger partial charge in [-0.25, -0.2) is 4.84 Å². The van der Waals surface area contributed by atoms with Gasteiger partial charge in [-0.3, -0.25) is 9.59 Å². The van der Waals surface area contributed by atoms with Gasteiger partial charge in [0.2, 0.25) is 12.5 Å². The van der Waals surface area contributed by atoms with Crippen LogP contribution in [0.1, 0.15) is 32.2 Å². The van der Waals surface area contributed by atoms with Crippen molar-refractivity contribution in [1.29, 1.82) is 0 Å². The molecule has 1 aliphatic carbocycles. The number of phenolic OH excluding ortho intramolecular Hbond substituents is 1. The summed E-state index contributed by atoms with van der Waals surface area (Å²) in [5.74, 6) is -2.75. The minimum atomic E-state index is -1.71. The number of nitrogens with zero attached hydrogens (tertiary/aromatic N) is 1. The van der Waals surface area contributed by atoms with Gasteiger partial charge in [0.15, 0.2) is 18.6 Å². The minimum absolute atomic E-state index is 0.0213. The van der Waals surface area contributed by atoms with Crippen LogP contribution in [0, 0.1) is 4.91 Å². The molecule has 0 aromatic heterocycles. The maximum absolute atomic E-state index is 13.1. The van der Waals surface area contributed by atoms with Crippen molar-refractivity contribution in [3.05, 3.63) is 51.9 Å². The zero-order valence-electron chi connectivity index (χ0n) is 18.2. The monoisotopic (exact) mass is 488 g/mol. The maximum Gasteiger partial charge on any atom is 0.317 e. The zero-order valence-corrected chi connectivity index (χ0v) is 18.2. The van der Waals surface area contributed by atoms with Gasteiger partial charge in [0, 0.05) is 23.6 Å². The van der Waals surface area contributed by atoms with Crippen molar-refractivity contribution in [3.63, 3.8) is 0 Å². The number of fused-ring (bicyclic) bond motifs is 4. The van der Waals surface area contributed by atoms with E-state index in [9.17, 15) is 34.9 Å². The Kier molecular flexibility index (Phi) is 5.46. The fraction of sp³-hybridized carbons (Fsp3) is 0.364. The number of hydrogen-bond donors (Lipinski definition) is 6. The minimum Gasteiger partial charge on any atom is -0.504 e. The normalized spacial score (nSPS) is 28.4. The summed E-state index contributed by atoms with van der Waals surface area (Å²) in [5.41, 5.74) is 0.133. The van der Waals surface area contributed by atoms with Gasteiger partial charge in [-0.2, -0.15) is 0 Å². The molecule has 13 heteroatoms. The van der Waals surface area contributed by atoms with E-state index in [0.29, 0.717) is 0 Å². The fourth-order valence-corrected chi connectivity index (χ4v) is 4.88. The van der Waals surface area contributed by atoms with Gasteiger partial charge in [-0.05, 0) is 17.7 Å². The molecule has 5 rings (SSSR count). The summed E-state index contributed by atoms with van der Waals surface area (Å²) < 4.78 is 10.6. The van der Waals surface area contributed by atoms with Crippen LogP contribution in [0.2, 0.25) is 0 Å². The smallest absolute Gasteiger partial charge is 0.317 e. The van der Waals surface area contributed by atoms with Crippen molar-refractivity contribution >= 4 is 17.5 Å². The molecule has 1 fully saturated rings. The van der Waals surface area contributed by atoms with E-state index in [1.807, 2.05) is 0 Å². The topological polar surface area (TPSA) is 187 Å². The lowest BCUT2D eigenvalue weighted by molar-refractivity contribution is -0.736. The molecule has 6 N–H and O–H groups in total. The van der Waals surface area contributed by atoms with E-state index >= 15 is 0 Å². The van der Waals surface area contributed by atoms with Gasteiger partial charge in [-0.1, -0.05) is 6.07 Å². The number of carbonyl (C=O) groups is 2. The number of aliphatic hydroxyl groups is 3. The van der Waals surface area contributed by atoms with Crippen molar-refractivity contribution in [1.82, 2.24) is 10.6 Å². The predicted molar refractivity (Wildman–Crippen MR) is 114 cm³/mol. The Balaban J connectivity index is 1.56. The van der Waals surface area contributed by atoms with Crippen molar-refractivity contribution in [2.45, 2.75) is 36.3 Å². The maximum atomic E-state index is 13.1. The highest BCUT2D eigenvalue weighted by Gasteiger charge is 2.54. The Hall–Kier alpha value is -3.94. The molecule has 2 heterocycles. The first kappa shape index (κ1) is 22.8. The summed E-state index contributed by atoms with van der Waals surface area (Å²) >= 11 is 0. The molecule has 0 spiro atoms. The zero-order chi connectivity index (χ0) is 25.0. The second kappa shape index (κ2) is 8.37. The second-order valence-corrected chi connectivity index (χ2v) is 8.41. The molecular weight excluding hydrogens is 466 g/mol. The lowest BCUT2D eigenvalue weighted by atomic mass is 9.68. The average Bonchev–Trinajstić information content (AvgIpc) is 3.34. The summed E-state index contributed by atoms with van der Waals surface area (Å²) in [5, 5.41) is 47.8. The summed E-state index contributed by atoms with van der Waals surface area (Å²) in [4.78, 5) is 42.5. The highest BCUT2D eigenvalue weighted by Crippen LogP contribution is 2.50. The first-order valence-electron chi connectivity index (χ1n) is 10.7. The third-order valence-electron chi connectivity index (χ3n) is 6.54. The van der Waals surface area contributed by atoms with Crippen LogP contribution in [0.5, 0.6) is 17.2 Å². The molecule has 2 aromatic carbocycles. The number of phenols is 1. The van der Waals surface area contributed by atoms with Crippen molar-refractivity contribution in [2.24, 2.45) is 0 Å². The van der Waals surface area contributed by atoms with Crippen LogP contribution in [0.15, 0.2) is 30.3 Å². The third kappa shape index (κ3) is 3.51. The molecule has 1 saturated carbocycles. The predicted octanol–water partition coefficient (Wildman–Crippen LogP) is -0.817. The summed E-state index contributed by atoms with van der Waals surface area (Å²) in [7, 11) is 1.17. The average molecular weight is 488 g/mol. The van der Waals surface area contributed by atoms with E-state index in [1.165, 1.54) is 37.4 Å². The van der Waals surface area contributed by atoms with Crippen LogP contribution in [-0.2, 0) is 4.84 Å². The Morgan fingerprint density at radius 2 is 1.94 bits per heavy atom. The number of hydrogen-bond acceptors (Lipinski definition) is 10. The molecule has 13 nitrogen and oxygen atoms in total. The first-order valence-corrected chi connectivity index (χ1v) is 10.7. The quantitative estimate of drug-likeness (QED) is 0.297. The van der Waals surface area contributed by atoms with Crippen molar-refractivity contribution in [3.8, 4) is 17.2 Å². The lowest BCUT2D eigenvalue weighted by Gasteiger charge is -2.49. The van der Waals surface area contributed by atoms with Crippen LogP contribution in [0.3, 0.4) is 0 Å². The number of aromatic hydroxyl groups is 1. The summed E-state index contributed by atoms with van der Waals surface area (Å²) in [6.07, 6.45) is -4.93. The Morgan fingerprint density at radius 1 is 1.17 bits per heavy atom.